The highest BCUT2D eigenvalue weighted by Crippen LogP contribution is 2.37. The molecule has 1 aromatic carbocycles. The molecular weight excluding hydrogens is 400 g/mol. The zero-order valence-electron chi connectivity index (χ0n) is 17.5. The van der Waals surface area contributed by atoms with Crippen LogP contribution in [0.3, 0.4) is 0 Å². The summed E-state index contributed by atoms with van der Waals surface area (Å²) < 4.78 is 8.55. The maximum atomic E-state index is 12.8. The lowest BCUT2D eigenvalue weighted by Crippen LogP contribution is -2.41. The van der Waals surface area contributed by atoms with Gasteiger partial charge in [-0.1, -0.05) is 30.3 Å². The normalized spacial score (nSPS) is 19.2. The van der Waals surface area contributed by atoms with Gasteiger partial charge < -0.3 is 9.64 Å². The maximum Gasteiger partial charge on any atom is 0.346 e. The molecule has 1 amide bonds. The van der Waals surface area contributed by atoms with Crippen LogP contribution < -0.4 is 5.69 Å². The van der Waals surface area contributed by atoms with Crippen LogP contribution in [0.1, 0.15) is 49.0 Å². The Morgan fingerprint density at radius 3 is 2.77 bits per heavy atom. The average molecular weight is 431 g/mol. The van der Waals surface area contributed by atoms with Crippen molar-refractivity contribution in [3.05, 3.63) is 52.2 Å². The van der Waals surface area contributed by atoms with Gasteiger partial charge in [0, 0.05) is 37.9 Å². The molecule has 8 heteroatoms. The zero-order valence-corrected chi connectivity index (χ0v) is 18.4. The SMILES string of the molecule is COCCn1nc(C2CCCN(C(=O)CSCc3ccccc3)C2)n(C2CC2)c1=O. The Labute approximate surface area is 181 Å². The molecule has 4 rings (SSSR count). The molecule has 162 valence electrons. The second kappa shape index (κ2) is 9.83. The van der Waals surface area contributed by atoms with Crippen LogP contribution in [0.15, 0.2) is 35.1 Å². The van der Waals surface area contributed by atoms with E-state index in [0.29, 0.717) is 25.4 Å². The third-order valence-electron chi connectivity index (χ3n) is 5.79. The van der Waals surface area contributed by atoms with Crippen molar-refractivity contribution in [2.75, 3.05) is 32.6 Å². The van der Waals surface area contributed by atoms with E-state index < -0.39 is 0 Å². The van der Waals surface area contributed by atoms with Gasteiger partial charge in [0.2, 0.25) is 5.91 Å². The Morgan fingerprint density at radius 1 is 1.23 bits per heavy atom. The van der Waals surface area contributed by atoms with Crippen LogP contribution in [0.5, 0.6) is 0 Å². The number of carbonyl (C=O) groups excluding carboxylic acids is 1. The zero-order chi connectivity index (χ0) is 20.9. The number of aromatic nitrogens is 3. The molecule has 1 aliphatic carbocycles. The Morgan fingerprint density at radius 2 is 2.03 bits per heavy atom. The maximum absolute atomic E-state index is 12.8. The molecule has 2 fully saturated rings. The molecule has 30 heavy (non-hydrogen) atoms. The van der Waals surface area contributed by atoms with Crippen molar-refractivity contribution in [2.45, 2.75) is 49.9 Å². The van der Waals surface area contributed by atoms with Crippen molar-refractivity contribution in [3.8, 4) is 0 Å². The van der Waals surface area contributed by atoms with Gasteiger partial charge in [-0.25, -0.2) is 9.48 Å². The summed E-state index contributed by atoms with van der Waals surface area (Å²) in [5.74, 6) is 2.49. The van der Waals surface area contributed by atoms with Crippen molar-refractivity contribution < 1.29 is 9.53 Å². The van der Waals surface area contributed by atoms with Crippen LogP contribution in [0.25, 0.3) is 0 Å². The fourth-order valence-corrected chi connectivity index (χ4v) is 4.94. The minimum Gasteiger partial charge on any atom is -0.383 e. The third-order valence-corrected chi connectivity index (χ3v) is 6.78. The molecule has 2 heterocycles. The molecule has 0 spiro atoms. The summed E-state index contributed by atoms with van der Waals surface area (Å²) in [5.41, 5.74) is 1.20. The fourth-order valence-electron chi connectivity index (χ4n) is 4.05. The number of methoxy groups -OCH3 is 1. The Bertz CT molecular complexity index is 907. The van der Waals surface area contributed by atoms with E-state index in [2.05, 4.69) is 17.2 Å². The highest BCUT2D eigenvalue weighted by atomic mass is 32.2. The first-order valence-electron chi connectivity index (χ1n) is 10.7. The number of hydrogen-bond donors (Lipinski definition) is 0. The summed E-state index contributed by atoms with van der Waals surface area (Å²) in [5, 5.41) is 4.67. The molecule has 0 N–H and O–H groups in total. The minimum atomic E-state index is -0.0357. The highest BCUT2D eigenvalue weighted by Gasteiger charge is 2.35. The highest BCUT2D eigenvalue weighted by molar-refractivity contribution is 7.99. The summed E-state index contributed by atoms with van der Waals surface area (Å²) in [6.07, 6.45) is 3.99. The third kappa shape index (κ3) is 4.98. The van der Waals surface area contributed by atoms with E-state index in [4.69, 9.17) is 4.74 Å². The Balaban J connectivity index is 1.40. The minimum absolute atomic E-state index is 0.0357. The molecule has 2 aliphatic rings. The number of thioether (sulfide) groups is 1. The molecule has 1 saturated carbocycles. The first-order chi connectivity index (χ1) is 14.7. The number of nitrogens with zero attached hydrogens (tertiary/aromatic N) is 4. The van der Waals surface area contributed by atoms with Gasteiger partial charge in [0.1, 0.15) is 5.82 Å². The fraction of sp³-hybridized carbons (Fsp3) is 0.591. The summed E-state index contributed by atoms with van der Waals surface area (Å²) >= 11 is 1.66. The van der Waals surface area contributed by atoms with Crippen molar-refractivity contribution in [1.29, 1.82) is 0 Å². The standard InChI is InChI=1S/C22H30N4O3S/c1-29-13-12-25-22(28)26(19-9-10-19)21(23-25)18-8-5-11-24(14-18)20(27)16-30-15-17-6-3-2-4-7-17/h2-4,6-7,18-19H,5,8-16H2,1H3. The van der Waals surface area contributed by atoms with E-state index in [-0.39, 0.29) is 23.6 Å². The van der Waals surface area contributed by atoms with E-state index in [1.807, 2.05) is 27.7 Å². The molecule has 1 aliphatic heterocycles. The number of ether oxygens (including phenoxy) is 1. The number of rotatable bonds is 9. The van der Waals surface area contributed by atoms with Gasteiger partial charge in [-0.3, -0.25) is 9.36 Å². The first kappa shape index (κ1) is 21.2. The van der Waals surface area contributed by atoms with Gasteiger partial charge in [0.05, 0.1) is 18.9 Å². The van der Waals surface area contributed by atoms with Gasteiger partial charge in [0.25, 0.3) is 0 Å². The quantitative estimate of drug-likeness (QED) is 0.612. The van der Waals surface area contributed by atoms with Crippen molar-refractivity contribution in [1.82, 2.24) is 19.2 Å². The van der Waals surface area contributed by atoms with Crippen LogP contribution in [0.4, 0.5) is 0 Å². The van der Waals surface area contributed by atoms with Crippen molar-refractivity contribution in [2.24, 2.45) is 0 Å². The molecule has 1 saturated heterocycles. The second-order valence-corrected chi connectivity index (χ2v) is 9.10. The van der Waals surface area contributed by atoms with E-state index in [9.17, 15) is 9.59 Å². The van der Waals surface area contributed by atoms with Crippen LogP contribution in [-0.2, 0) is 21.8 Å². The first-order valence-corrected chi connectivity index (χ1v) is 11.9. The summed E-state index contributed by atoms with van der Waals surface area (Å²) in [4.78, 5) is 27.6. The molecule has 1 atom stereocenters. The van der Waals surface area contributed by atoms with E-state index in [1.165, 1.54) is 10.2 Å². The van der Waals surface area contributed by atoms with E-state index in [1.54, 1.807) is 18.9 Å². The molecule has 1 aromatic heterocycles. The van der Waals surface area contributed by atoms with Gasteiger partial charge in [-0.05, 0) is 31.2 Å². The number of carbonyl (C=O) groups is 1. The van der Waals surface area contributed by atoms with Gasteiger partial charge in [-0.2, -0.15) is 5.10 Å². The lowest BCUT2D eigenvalue weighted by Gasteiger charge is -2.32. The van der Waals surface area contributed by atoms with Crippen LogP contribution in [0.2, 0.25) is 0 Å². The van der Waals surface area contributed by atoms with Crippen molar-refractivity contribution >= 4 is 17.7 Å². The lowest BCUT2D eigenvalue weighted by atomic mass is 9.97. The van der Waals surface area contributed by atoms with Gasteiger partial charge in [0.15, 0.2) is 0 Å². The molecule has 0 bridgehead atoms. The Hall–Kier alpha value is -2.06. The summed E-state index contributed by atoms with van der Waals surface area (Å²) in [7, 11) is 1.63. The Kier molecular flexibility index (Phi) is 6.94. The summed E-state index contributed by atoms with van der Waals surface area (Å²) in [6, 6.07) is 10.5. The van der Waals surface area contributed by atoms with Crippen LogP contribution in [-0.4, -0.2) is 57.7 Å². The number of likely N-dealkylation sites (tertiary alicyclic amines) is 1. The monoisotopic (exact) mass is 430 g/mol. The molecule has 2 aromatic rings. The molecular formula is C22H30N4O3S. The van der Waals surface area contributed by atoms with E-state index >= 15 is 0 Å². The van der Waals surface area contributed by atoms with Gasteiger partial charge >= 0.3 is 5.69 Å². The van der Waals surface area contributed by atoms with Crippen molar-refractivity contribution in [3.63, 3.8) is 0 Å². The topological polar surface area (TPSA) is 69.4 Å². The smallest absolute Gasteiger partial charge is 0.346 e. The number of benzene rings is 1. The van der Waals surface area contributed by atoms with Gasteiger partial charge in [-0.15, -0.1) is 11.8 Å². The number of amides is 1. The van der Waals surface area contributed by atoms with Crippen LogP contribution >= 0.6 is 11.8 Å². The summed E-state index contributed by atoms with van der Waals surface area (Å²) in [6.45, 7) is 2.37. The molecule has 0 radical (unpaired) electrons. The van der Waals surface area contributed by atoms with Crippen LogP contribution in [0, 0.1) is 0 Å². The predicted octanol–water partition coefficient (Wildman–Crippen LogP) is 2.67. The molecule has 1 unspecified atom stereocenters. The average Bonchev–Trinajstić information content (AvgIpc) is 3.56. The molecule has 7 nitrogen and oxygen atoms in total. The van der Waals surface area contributed by atoms with E-state index in [0.717, 1.165) is 43.8 Å². The lowest BCUT2D eigenvalue weighted by molar-refractivity contribution is -0.129. The number of piperidine rings is 1. The predicted molar refractivity (Wildman–Crippen MR) is 118 cm³/mol. The largest absolute Gasteiger partial charge is 0.383 e. The second-order valence-electron chi connectivity index (χ2n) is 8.12. The number of hydrogen-bond acceptors (Lipinski definition) is 5.